The van der Waals surface area contributed by atoms with Gasteiger partial charge in [0.15, 0.2) is 5.65 Å². The fraction of sp³-hybridized carbons (Fsp3) is 0.263. The first-order chi connectivity index (χ1) is 15.4. The number of rotatable bonds is 8. The van der Waals surface area contributed by atoms with Gasteiger partial charge < -0.3 is 15.0 Å². The van der Waals surface area contributed by atoms with Crippen LogP contribution in [0.15, 0.2) is 43.5 Å². The fourth-order valence-electron chi connectivity index (χ4n) is 3.11. The van der Waals surface area contributed by atoms with Crippen molar-refractivity contribution < 1.29 is 9.53 Å². The van der Waals surface area contributed by atoms with Gasteiger partial charge in [-0.05, 0) is 24.6 Å². The van der Waals surface area contributed by atoms with Crippen LogP contribution in [0.3, 0.4) is 0 Å². The van der Waals surface area contributed by atoms with Gasteiger partial charge in [-0.3, -0.25) is 19.1 Å². The molecule has 0 fully saturated rings. The van der Waals surface area contributed by atoms with Gasteiger partial charge in [-0.25, -0.2) is 9.78 Å². The van der Waals surface area contributed by atoms with Gasteiger partial charge in [0.05, 0.1) is 5.75 Å². The first-order valence-corrected chi connectivity index (χ1v) is 11.3. The zero-order valence-electron chi connectivity index (χ0n) is 16.8. The van der Waals surface area contributed by atoms with Crippen molar-refractivity contribution in [3.8, 4) is 0 Å². The van der Waals surface area contributed by atoms with E-state index in [2.05, 4.69) is 46.4 Å². The minimum atomic E-state index is -0.597. The Hall–Kier alpha value is -3.03. The normalized spacial score (nSPS) is 11.3. The molecule has 4 rings (SSSR count). The van der Waals surface area contributed by atoms with E-state index in [1.807, 2.05) is 18.2 Å². The Morgan fingerprint density at radius 1 is 1.25 bits per heavy atom. The third-order valence-corrected chi connectivity index (χ3v) is 5.85. The van der Waals surface area contributed by atoms with Gasteiger partial charge >= 0.3 is 5.69 Å². The van der Waals surface area contributed by atoms with Crippen molar-refractivity contribution in [1.82, 2.24) is 29.7 Å². The number of aromatic nitrogens is 6. The molecule has 0 spiro atoms. The van der Waals surface area contributed by atoms with Crippen LogP contribution >= 0.6 is 27.7 Å². The fourth-order valence-corrected chi connectivity index (χ4v) is 4.06. The van der Waals surface area contributed by atoms with Crippen molar-refractivity contribution in [2.24, 2.45) is 0 Å². The van der Waals surface area contributed by atoms with Crippen LogP contribution in [0.25, 0.3) is 22.1 Å². The minimum Gasteiger partial charge on any atom is -0.385 e. The Kier molecular flexibility index (Phi) is 6.67. The number of benzene rings is 1. The number of nitrogens with one attached hydrogen (secondary N) is 3. The van der Waals surface area contributed by atoms with Gasteiger partial charge in [-0.2, -0.15) is 0 Å². The second-order valence-corrected chi connectivity index (χ2v) is 8.62. The van der Waals surface area contributed by atoms with E-state index in [9.17, 15) is 14.4 Å². The number of hydrogen-bond acceptors (Lipinski definition) is 8. The van der Waals surface area contributed by atoms with Crippen LogP contribution < -0.4 is 16.6 Å². The number of carbonyl (C=O) groups excluding carboxylic acids is 1. The summed E-state index contributed by atoms with van der Waals surface area (Å²) >= 11 is 4.53. The molecule has 3 aromatic heterocycles. The van der Waals surface area contributed by atoms with Crippen LogP contribution in [0, 0.1) is 0 Å². The lowest BCUT2D eigenvalue weighted by Crippen LogP contribution is -2.33. The topological polar surface area (TPSA) is 148 Å². The zero-order valence-corrected chi connectivity index (χ0v) is 19.2. The maximum atomic E-state index is 12.5. The van der Waals surface area contributed by atoms with Crippen molar-refractivity contribution in [2.45, 2.75) is 18.1 Å². The summed E-state index contributed by atoms with van der Waals surface area (Å²) in [5, 5.41) is 12.1. The van der Waals surface area contributed by atoms with E-state index in [1.54, 1.807) is 7.11 Å². The SMILES string of the molecule is COCCCn1c(NC(=O)CSc2nnc3c(n2)[nH]c2ccc(Br)cc23)cc(=O)[nH]c1=O. The maximum Gasteiger partial charge on any atom is 0.329 e. The van der Waals surface area contributed by atoms with Gasteiger partial charge in [-0.15, -0.1) is 10.2 Å². The minimum absolute atomic E-state index is 0.0297. The van der Waals surface area contributed by atoms with E-state index in [0.29, 0.717) is 29.3 Å². The molecule has 1 amide bonds. The highest BCUT2D eigenvalue weighted by Gasteiger charge is 2.13. The van der Waals surface area contributed by atoms with E-state index in [4.69, 9.17) is 4.74 Å². The number of hydrogen-bond donors (Lipinski definition) is 3. The molecule has 3 N–H and O–H groups in total. The largest absolute Gasteiger partial charge is 0.385 e. The quantitative estimate of drug-likeness (QED) is 0.236. The number of halogens is 1. The van der Waals surface area contributed by atoms with Crippen molar-refractivity contribution >= 4 is 61.5 Å². The predicted molar refractivity (Wildman–Crippen MR) is 124 cm³/mol. The molecular formula is C19H18BrN7O4S. The summed E-state index contributed by atoms with van der Waals surface area (Å²) in [7, 11) is 1.55. The molecule has 4 aromatic rings. The smallest absolute Gasteiger partial charge is 0.329 e. The standard InChI is InChI=1S/C19H18BrN7O4S/c1-31-6-2-5-27-13(8-14(28)23-19(27)30)22-15(29)9-32-18-24-17-16(25-26-18)11-7-10(20)3-4-12(11)21-17/h3-4,7-8H,2,5-6,9H2,1H3,(H,22,29)(H,21,24,26)(H,23,28,30). The number of anilines is 1. The third kappa shape index (κ3) is 4.89. The summed E-state index contributed by atoms with van der Waals surface area (Å²) in [6.07, 6.45) is 0.542. The molecule has 0 radical (unpaired) electrons. The van der Waals surface area contributed by atoms with E-state index < -0.39 is 17.2 Å². The van der Waals surface area contributed by atoms with Crippen LogP contribution in [0.1, 0.15) is 6.42 Å². The van der Waals surface area contributed by atoms with Gasteiger partial charge in [0.1, 0.15) is 11.3 Å². The summed E-state index contributed by atoms with van der Waals surface area (Å²) in [5.74, 6) is -0.321. The maximum absolute atomic E-state index is 12.5. The lowest BCUT2D eigenvalue weighted by molar-refractivity contribution is -0.113. The summed E-state index contributed by atoms with van der Waals surface area (Å²) in [4.78, 5) is 46.1. The monoisotopic (exact) mass is 519 g/mol. The zero-order chi connectivity index (χ0) is 22.7. The average molecular weight is 520 g/mol. The first-order valence-electron chi connectivity index (χ1n) is 9.52. The molecule has 32 heavy (non-hydrogen) atoms. The number of methoxy groups -OCH3 is 1. The second-order valence-electron chi connectivity index (χ2n) is 6.77. The Balaban J connectivity index is 1.47. The van der Waals surface area contributed by atoms with Crippen LogP contribution in [0.5, 0.6) is 0 Å². The number of nitrogens with zero attached hydrogens (tertiary/aromatic N) is 4. The lowest BCUT2D eigenvalue weighted by Gasteiger charge is -2.12. The third-order valence-electron chi connectivity index (χ3n) is 4.52. The number of carbonyl (C=O) groups is 1. The first kappa shape index (κ1) is 22.2. The van der Waals surface area contributed by atoms with Crippen molar-refractivity contribution in [3.63, 3.8) is 0 Å². The van der Waals surface area contributed by atoms with Crippen molar-refractivity contribution in [3.05, 3.63) is 49.6 Å². The molecule has 0 aliphatic carbocycles. The summed E-state index contributed by atoms with van der Waals surface area (Å²) < 4.78 is 7.20. The van der Waals surface area contributed by atoms with E-state index in [0.717, 1.165) is 27.1 Å². The highest BCUT2D eigenvalue weighted by Crippen LogP contribution is 2.26. The molecule has 0 saturated heterocycles. The van der Waals surface area contributed by atoms with E-state index in [-0.39, 0.29) is 18.1 Å². The Morgan fingerprint density at radius 2 is 2.09 bits per heavy atom. The molecule has 1 aromatic carbocycles. The van der Waals surface area contributed by atoms with Crippen LogP contribution in [0.2, 0.25) is 0 Å². The van der Waals surface area contributed by atoms with Crippen LogP contribution in [-0.4, -0.2) is 55.1 Å². The molecule has 0 saturated carbocycles. The molecule has 0 aliphatic rings. The molecule has 13 heteroatoms. The summed E-state index contributed by atoms with van der Waals surface area (Å²) in [6.45, 7) is 0.721. The number of ether oxygens (including phenoxy) is 1. The predicted octanol–water partition coefficient (Wildman–Crippen LogP) is 1.89. The van der Waals surface area contributed by atoms with Crippen molar-refractivity contribution in [1.29, 1.82) is 0 Å². The number of fused-ring (bicyclic) bond motifs is 3. The Morgan fingerprint density at radius 3 is 2.91 bits per heavy atom. The molecule has 0 atom stereocenters. The molecular weight excluding hydrogens is 502 g/mol. The van der Waals surface area contributed by atoms with Crippen molar-refractivity contribution in [2.75, 3.05) is 24.8 Å². The summed E-state index contributed by atoms with van der Waals surface area (Å²) in [5.41, 5.74) is 0.895. The van der Waals surface area contributed by atoms with Gasteiger partial charge in [-0.1, -0.05) is 27.7 Å². The van der Waals surface area contributed by atoms with Gasteiger partial charge in [0.25, 0.3) is 5.56 Å². The number of aromatic amines is 2. The molecule has 0 aliphatic heterocycles. The molecule has 166 valence electrons. The van der Waals surface area contributed by atoms with Gasteiger partial charge in [0, 0.05) is 41.7 Å². The molecule has 0 unspecified atom stereocenters. The molecule has 0 bridgehead atoms. The number of thioether (sulfide) groups is 1. The Labute approximate surface area is 193 Å². The van der Waals surface area contributed by atoms with Gasteiger partial charge in [0.2, 0.25) is 11.1 Å². The van der Waals surface area contributed by atoms with E-state index >= 15 is 0 Å². The average Bonchev–Trinajstić information content (AvgIpc) is 3.11. The number of amides is 1. The van der Waals surface area contributed by atoms with E-state index in [1.165, 1.54) is 10.6 Å². The highest BCUT2D eigenvalue weighted by molar-refractivity contribution is 9.10. The second kappa shape index (κ2) is 9.63. The summed E-state index contributed by atoms with van der Waals surface area (Å²) in [6, 6.07) is 6.92. The van der Waals surface area contributed by atoms with Crippen LogP contribution in [-0.2, 0) is 16.1 Å². The number of H-pyrrole nitrogens is 2. The van der Waals surface area contributed by atoms with Crippen LogP contribution in [0.4, 0.5) is 5.82 Å². The highest BCUT2D eigenvalue weighted by atomic mass is 79.9. The molecule has 11 nitrogen and oxygen atoms in total. The lowest BCUT2D eigenvalue weighted by atomic mass is 10.2. The molecule has 3 heterocycles. The Bertz CT molecular complexity index is 1410.